The molecule has 1 fully saturated rings. The molecule has 0 saturated carbocycles. The normalized spacial score (nSPS) is 29.8. The van der Waals surface area contributed by atoms with Crippen molar-refractivity contribution in [3.8, 4) is 0 Å². The van der Waals surface area contributed by atoms with Crippen LogP contribution in [-0.4, -0.2) is 21.5 Å². The van der Waals surface area contributed by atoms with E-state index in [-0.39, 0.29) is 5.78 Å². The lowest BCUT2D eigenvalue weighted by Gasteiger charge is -1.88. The highest BCUT2D eigenvalue weighted by Gasteiger charge is 2.10. The zero-order chi connectivity index (χ0) is 6.69. The molecule has 0 unspecified atom stereocenters. The first kappa shape index (κ1) is 6.93. The van der Waals surface area contributed by atoms with E-state index >= 15 is 0 Å². The van der Waals surface area contributed by atoms with Gasteiger partial charge in [0.1, 0.15) is 5.78 Å². The molecular formula is C6H10O2S. The van der Waals surface area contributed by atoms with Gasteiger partial charge in [0.25, 0.3) is 0 Å². The molecule has 52 valence electrons. The number of hydrogen-bond acceptors (Lipinski definition) is 2. The first-order chi connectivity index (χ1) is 4.29. The zero-order valence-corrected chi connectivity index (χ0v) is 6.08. The molecule has 0 bridgehead atoms. The molecule has 1 aliphatic rings. The molecule has 0 aromatic carbocycles. The smallest absolute Gasteiger partial charge is 0.133 e. The minimum absolute atomic E-state index is 0.279. The van der Waals surface area contributed by atoms with Crippen LogP contribution >= 0.6 is 0 Å². The van der Waals surface area contributed by atoms with E-state index in [4.69, 9.17) is 0 Å². The van der Waals surface area contributed by atoms with Gasteiger partial charge in [0.05, 0.1) is 0 Å². The van der Waals surface area contributed by atoms with Crippen LogP contribution in [0.2, 0.25) is 0 Å². The predicted molar refractivity (Wildman–Crippen MR) is 36.7 cm³/mol. The first-order valence-corrected chi connectivity index (χ1v) is 4.64. The van der Waals surface area contributed by atoms with E-state index in [1.165, 1.54) is 0 Å². The summed E-state index contributed by atoms with van der Waals surface area (Å²) in [6.45, 7) is 0. The van der Waals surface area contributed by atoms with Gasteiger partial charge in [0.2, 0.25) is 0 Å². The van der Waals surface area contributed by atoms with Crippen LogP contribution in [0.25, 0.3) is 0 Å². The molecule has 0 aromatic rings. The van der Waals surface area contributed by atoms with Crippen molar-refractivity contribution in [2.75, 3.05) is 11.5 Å². The third kappa shape index (κ3) is 2.26. The van der Waals surface area contributed by atoms with Gasteiger partial charge in [0, 0.05) is 35.1 Å². The van der Waals surface area contributed by atoms with Gasteiger partial charge in [-0.05, 0) is 6.42 Å². The Hall–Kier alpha value is -0.180. The summed E-state index contributed by atoms with van der Waals surface area (Å²) in [5.41, 5.74) is 0. The standard InChI is InChI=1S/C6H10O2S/c7-6-2-1-4-9(8)5-3-6/h1-5H2/t9-/m0/s1. The van der Waals surface area contributed by atoms with Crippen LogP contribution in [0.4, 0.5) is 0 Å². The summed E-state index contributed by atoms with van der Waals surface area (Å²) in [5.74, 6) is 1.60. The molecule has 9 heavy (non-hydrogen) atoms. The van der Waals surface area contributed by atoms with Gasteiger partial charge in [0.15, 0.2) is 0 Å². The van der Waals surface area contributed by atoms with Gasteiger partial charge in [-0.1, -0.05) is 0 Å². The third-order valence-electron chi connectivity index (χ3n) is 1.44. The highest BCUT2D eigenvalue weighted by Crippen LogP contribution is 2.04. The van der Waals surface area contributed by atoms with Crippen molar-refractivity contribution in [3.05, 3.63) is 0 Å². The molecule has 1 atom stereocenters. The van der Waals surface area contributed by atoms with Crippen molar-refractivity contribution in [1.82, 2.24) is 0 Å². The van der Waals surface area contributed by atoms with Crippen molar-refractivity contribution in [3.63, 3.8) is 0 Å². The second-order valence-corrected chi connectivity index (χ2v) is 3.94. The van der Waals surface area contributed by atoms with Crippen molar-refractivity contribution in [2.24, 2.45) is 0 Å². The van der Waals surface area contributed by atoms with Crippen LogP contribution in [0.15, 0.2) is 0 Å². The van der Waals surface area contributed by atoms with E-state index in [9.17, 15) is 9.00 Å². The fraction of sp³-hybridized carbons (Fsp3) is 0.833. The Morgan fingerprint density at radius 3 is 2.78 bits per heavy atom. The van der Waals surface area contributed by atoms with Crippen molar-refractivity contribution in [1.29, 1.82) is 0 Å². The fourth-order valence-electron chi connectivity index (χ4n) is 0.885. The molecule has 0 spiro atoms. The molecule has 1 aliphatic heterocycles. The van der Waals surface area contributed by atoms with Crippen LogP contribution in [0.3, 0.4) is 0 Å². The summed E-state index contributed by atoms with van der Waals surface area (Å²) in [5, 5.41) is 0. The largest absolute Gasteiger partial charge is 0.300 e. The maximum atomic E-state index is 10.8. The summed E-state index contributed by atoms with van der Waals surface area (Å²) >= 11 is 0. The zero-order valence-electron chi connectivity index (χ0n) is 5.26. The number of rotatable bonds is 0. The van der Waals surface area contributed by atoms with Crippen molar-refractivity contribution in [2.45, 2.75) is 19.3 Å². The second-order valence-electron chi connectivity index (χ2n) is 2.24. The number of Topliss-reactive ketones (excluding diaryl/α,β-unsaturated/α-hetero) is 1. The highest BCUT2D eigenvalue weighted by atomic mass is 32.2. The molecule has 0 radical (unpaired) electrons. The number of ketones is 1. The molecule has 0 N–H and O–H groups in total. The van der Waals surface area contributed by atoms with Crippen LogP contribution in [0.5, 0.6) is 0 Å². The van der Waals surface area contributed by atoms with Crippen LogP contribution < -0.4 is 0 Å². The summed E-state index contributed by atoms with van der Waals surface area (Å²) in [7, 11) is -0.699. The minimum atomic E-state index is -0.699. The second kappa shape index (κ2) is 3.11. The van der Waals surface area contributed by atoms with E-state index in [2.05, 4.69) is 0 Å². The van der Waals surface area contributed by atoms with Crippen LogP contribution in [0.1, 0.15) is 19.3 Å². The molecule has 1 saturated heterocycles. The Morgan fingerprint density at radius 2 is 2.00 bits per heavy atom. The van der Waals surface area contributed by atoms with E-state index < -0.39 is 10.8 Å². The lowest BCUT2D eigenvalue weighted by Crippen LogP contribution is -1.99. The van der Waals surface area contributed by atoms with Gasteiger partial charge >= 0.3 is 0 Å². The third-order valence-corrected chi connectivity index (χ3v) is 2.84. The fourth-order valence-corrected chi connectivity index (χ4v) is 2.01. The Morgan fingerprint density at radius 1 is 1.22 bits per heavy atom. The summed E-state index contributed by atoms with van der Waals surface area (Å²) < 4.78 is 10.8. The molecule has 2 nitrogen and oxygen atoms in total. The average Bonchev–Trinajstić information content (AvgIpc) is 1.97. The van der Waals surface area contributed by atoms with Gasteiger partial charge < -0.3 is 0 Å². The molecule has 0 aliphatic carbocycles. The summed E-state index contributed by atoms with van der Waals surface area (Å²) in [6.07, 6.45) is 2.00. The van der Waals surface area contributed by atoms with Crippen molar-refractivity contribution < 1.29 is 9.00 Å². The quantitative estimate of drug-likeness (QED) is 0.498. The van der Waals surface area contributed by atoms with E-state index in [1.807, 2.05) is 0 Å². The van der Waals surface area contributed by atoms with Gasteiger partial charge in [-0.2, -0.15) is 0 Å². The predicted octanol–water partition coefficient (Wildman–Crippen LogP) is 0.488. The lowest BCUT2D eigenvalue weighted by atomic mass is 10.2. The molecule has 3 heteroatoms. The lowest BCUT2D eigenvalue weighted by molar-refractivity contribution is -0.118. The van der Waals surface area contributed by atoms with Crippen LogP contribution in [-0.2, 0) is 15.6 Å². The van der Waals surface area contributed by atoms with Crippen molar-refractivity contribution >= 4 is 16.6 Å². The summed E-state index contributed by atoms with van der Waals surface area (Å²) in [6, 6.07) is 0. The Kier molecular flexibility index (Phi) is 2.39. The molecule has 1 rings (SSSR count). The van der Waals surface area contributed by atoms with E-state index in [0.29, 0.717) is 18.6 Å². The number of carbonyl (C=O) groups is 1. The molecule has 0 aromatic heterocycles. The van der Waals surface area contributed by atoms with E-state index in [0.717, 1.165) is 12.2 Å². The maximum absolute atomic E-state index is 10.8. The minimum Gasteiger partial charge on any atom is -0.300 e. The summed E-state index contributed by atoms with van der Waals surface area (Å²) in [4.78, 5) is 10.7. The van der Waals surface area contributed by atoms with Gasteiger partial charge in [-0.3, -0.25) is 9.00 Å². The average molecular weight is 146 g/mol. The van der Waals surface area contributed by atoms with Gasteiger partial charge in [-0.25, -0.2) is 0 Å². The van der Waals surface area contributed by atoms with Crippen LogP contribution in [0, 0.1) is 0 Å². The Labute approximate surface area is 57.1 Å². The molecule has 0 amide bonds. The van der Waals surface area contributed by atoms with E-state index in [1.54, 1.807) is 0 Å². The SMILES string of the molecule is O=C1CCC[S@](=O)CC1. The Balaban J connectivity index is 2.43. The topological polar surface area (TPSA) is 34.1 Å². The first-order valence-electron chi connectivity index (χ1n) is 3.16. The molecule has 1 heterocycles. The highest BCUT2D eigenvalue weighted by molar-refractivity contribution is 7.85. The number of hydrogen-bond donors (Lipinski definition) is 0. The number of carbonyl (C=O) groups excluding carboxylic acids is 1. The Bertz CT molecular complexity index is 126. The molecular weight excluding hydrogens is 136 g/mol. The van der Waals surface area contributed by atoms with Gasteiger partial charge in [-0.15, -0.1) is 0 Å². The maximum Gasteiger partial charge on any atom is 0.133 e. The monoisotopic (exact) mass is 146 g/mol.